The quantitative estimate of drug-likeness (QED) is 0.476. The van der Waals surface area contributed by atoms with Crippen molar-refractivity contribution in [2.75, 3.05) is 6.67 Å². The maximum Gasteiger partial charge on any atom is 0.0894 e. The molecule has 0 fully saturated rings. The van der Waals surface area contributed by atoms with E-state index in [9.17, 15) is 4.39 Å². The summed E-state index contributed by atoms with van der Waals surface area (Å²) in [5.74, 6) is 0. The maximum atomic E-state index is 11.3. The molecule has 41 valence electrons. The van der Waals surface area contributed by atoms with Crippen molar-refractivity contribution in [3.05, 3.63) is 12.7 Å². The van der Waals surface area contributed by atoms with Crippen LogP contribution in [0.5, 0.6) is 0 Å². The molecule has 0 aromatic rings. The molecule has 0 aliphatic carbocycles. The summed E-state index contributed by atoms with van der Waals surface area (Å²) >= 11 is 0. The van der Waals surface area contributed by atoms with Gasteiger partial charge in [0.2, 0.25) is 0 Å². The van der Waals surface area contributed by atoms with E-state index in [2.05, 4.69) is 0 Å². The summed E-state index contributed by atoms with van der Waals surface area (Å²) in [5.41, 5.74) is 0. The summed E-state index contributed by atoms with van der Waals surface area (Å²) in [4.78, 5) is 0. The average Bonchev–Trinajstić information content (AvgIpc) is 1.69. The van der Waals surface area contributed by atoms with Crippen LogP contribution in [0.1, 0.15) is 19.3 Å². The Kier molecular flexibility index (Phi) is 5.40. The highest BCUT2D eigenvalue weighted by Crippen LogP contribution is 1.94. The molecule has 0 aliphatic heterocycles. The minimum Gasteiger partial charge on any atom is -0.251 e. The Hall–Kier alpha value is -0.330. The highest BCUT2D eigenvalue weighted by atomic mass is 19.1. The van der Waals surface area contributed by atoms with Crippen LogP contribution in [0, 0.1) is 6.58 Å². The predicted octanol–water partition coefficient (Wildman–Crippen LogP) is 2.12. The van der Waals surface area contributed by atoms with Gasteiger partial charge in [-0.25, -0.2) is 0 Å². The lowest BCUT2D eigenvalue weighted by Crippen LogP contribution is -1.73. The third-order valence-corrected chi connectivity index (χ3v) is 0.754. The standard InChI is InChI=1S/C6H10F/c1-2-3-4-5-6-7/h1-2H,3-6H2. The van der Waals surface area contributed by atoms with Crippen LogP contribution in [-0.4, -0.2) is 6.67 Å². The smallest absolute Gasteiger partial charge is 0.0894 e. The number of alkyl halides is 1. The molecule has 0 aliphatic rings. The first kappa shape index (κ1) is 6.67. The SMILES string of the molecule is [CH]=CCCCCF. The van der Waals surface area contributed by atoms with Crippen molar-refractivity contribution in [1.82, 2.24) is 0 Å². The topological polar surface area (TPSA) is 0 Å². The Morgan fingerprint density at radius 2 is 2.14 bits per heavy atom. The second-order valence-electron chi connectivity index (χ2n) is 1.42. The average molecular weight is 101 g/mol. The Labute approximate surface area is 44.0 Å². The first-order chi connectivity index (χ1) is 3.41. The number of hydrogen-bond acceptors (Lipinski definition) is 0. The minimum absolute atomic E-state index is 0.214. The molecular formula is C6H10F. The van der Waals surface area contributed by atoms with Gasteiger partial charge in [0.25, 0.3) is 0 Å². The molecule has 0 saturated heterocycles. The Balaban J connectivity index is 2.56. The number of unbranched alkanes of at least 4 members (excludes halogenated alkanes) is 2. The summed E-state index contributed by atoms with van der Waals surface area (Å²) in [5, 5.41) is 0. The van der Waals surface area contributed by atoms with Crippen molar-refractivity contribution >= 4 is 0 Å². The molecule has 0 heterocycles. The van der Waals surface area contributed by atoms with Gasteiger partial charge >= 0.3 is 0 Å². The summed E-state index contributed by atoms with van der Waals surface area (Å²) in [7, 11) is 0. The molecule has 0 spiro atoms. The highest BCUT2D eigenvalue weighted by Gasteiger charge is 1.79. The molecule has 0 aromatic carbocycles. The van der Waals surface area contributed by atoms with Gasteiger partial charge in [0.1, 0.15) is 0 Å². The van der Waals surface area contributed by atoms with Crippen molar-refractivity contribution in [1.29, 1.82) is 0 Å². The van der Waals surface area contributed by atoms with Gasteiger partial charge in [0, 0.05) is 0 Å². The molecule has 0 N–H and O–H groups in total. The molecule has 0 bridgehead atoms. The van der Waals surface area contributed by atoms with Crippen molar-refractivity contribution < 1.29 is 4.39 Å². The normalized spacial score (nSPS) is 8.71. The van der Waals surface area contributed by atoms with E-state index in [-0.39, 0.29) is 6.67 Å². The van der Waals surface area contributed by atoms with Crippen LogP contribution in [0.4, 0.5) is 4.39 Å². The van der Waals surface area contributed by atoms with E-state index in [4.69, 9.17) is 6.58 Å². The highest BCUT2D eigenvalue weighted by molar-refractivity contribution is 4.60. The molecule has 0 unspecified atom stereocenters. The molecule has 0 nitrogen and oxygen atoms in total. The fraction of sp³-hybridized carbons (Fsp3) is 0.667. The molecule has 7 heavy (non-hydrogen) atoms. The number of halogens is 1. The van der Waals surface area contributed by atoms with Crippen molar-refractivity contribution in [2.45, 2.75) is 19.3 Å². The van der Waals surface area contributed by atoms with E-state index in [1.807, 2.05) is 0 Å². The summed E-state index contributed by atoms with van der Waals surface area (Å²) in [6.45, 7) is 4.81. The first-order valence-electron chi connectivity index (χ1n) is 2.51. The summed E-state index contributed by atoms with van der Waals surface area (Å²) in [6.07, 6.45) is 3.93. The summed E-state index contributed by atoms with van der Waals surface area (Å²) in [6, 6.07) is 0. The molecular weight excluding hydrogens is 91.1 g/mol. The third kappa shape index (κ3) is 5.67. The van der Waals surface area contributed by atoms with Crippen LogP contribution in [0.15, 0.2) is 6.08 Å². The predicted molar refractivity (Wildman–Crippen MR) is 28.7 cm³/mol. The second kappa shape index (κ2) is 5.67. The lowest BCUT2D eigenvalue weighted by Gasteiger charge is -1.85. The van der Waals surface area contributed by atoms with Crippen LogP contribution in [-0.2, 0) is 0 Å². The molecule has 1 heteroatoms. The van der Waals surface area contributed by atoms with E-state index >= 15 is 0 Å². The van der Waals surface area contributed by atoms with Gasteiger partial charge < -0.3 is 0 Å². The molecule has 0 rings (SSSR count). The van der Waals surface area contributed by atoms with E-state index in [0.717, 1.165) is 12.8 Å². The van der Waals surface area contributed by atoms with Crippen molar-refractivity contribution in [3.8, 4) is 0 Å². The van der Waals surface area contributed by atoms with Crippen LogP contribution < -0.4 is 0 Å². The van der Waals surface area contributed by atoms with E-state index < -0.39 is 0 Å². The van der Waals surface area contributed by atoms with Gasteiger partial charge in [-0.3, -0.25) is 4.39 Å². The zero-order valence-corrected chi connectivity index (χ0v) is 4.36. The first-order valence-corrected chi connectivity index (χ1v) is 2.51. The van der Waals surface area contributed by atoms with Gasteiger partial charge in [0.15, 0.2) is 0 Å². The third-order valence-electron chi connectivity index (χ3n) is 0.754. The van der Waals surface area contributed by atoms with Gasteiger partial charge in [-0.05, 0) is 19.3 Å². The van der Waals surface area contributed by atoms with Crippen LogP contribution in [0.2, 0.25) is 0 Å². The van der Waals surface area contributed by atoms with Crippen LogP contribution >= 0.6 is 0 Å². The molecule has 0 amide bonds. The van der Waals surface area contributed by atoms with Gasteiger partial charge in [0.05, 0.1) is 6.67 Å². The Morgan fingerprint density at radius 3 is 2.57 bits per heavy atom. The number of rotatable bonds is 4. The van der Waals surface area contributed by atoms with Crippen molar-refractivity contribution in [2.24, 2.45) is 0 Å². The molecule has 0 aromatic heterocycles. The minimum atomic E-state index is -0.214. The molecule has 0 saturated carbocycles. The van der Waals surface area contributed by atoms with E-state index in [1.54, 1.807) is 6.08 Å². The van der Waals surface area contributed by atoms with Crippen LogP contribution in [0.3, 0.4) is 0 Å². The van der Waals surface area contributed by atoms with Gasteiger partial charge in [-0.15, -0.1) is 0 Å². The fourth-order valence-corrected chi connectivity index (χ4v) is 0.357. The lowest BCUT2D eigenvalue weighted by molar-refractivity contribution is 0.463. The zero-order valence-electron chi connectivity index (χ0n) is 4.36. The second-order valence-corrected chi connectivity index (χ2v) is 1.42. The summed E-state index contributed by atoms with van der Waals surface area (Å²) < 4.78 is 11.3. The van der Waals surface area contributed by atoms with E-state index in [0.29, 0.717) is 6.42 Å². The molecule has 1 radical (unpaired) electrons. The van der Waals surface area contributed by atoms with Gasteiger partial charge in [-0.2, -0.15) is 0 Å². The number of hydrogen-bond donors (Lipinski definition) is 0. The van der Waals surface area contributed by atoms with Gasteiger partial charge in [-0.1, -0.05) is 12.7 Å². The monoisotopic (exact) mass is 101 g/mol. The van der Waals surface area contributed by atoms with Crippen LogP contribution in [0.25, 0.3) is 0 Å². The van der Waals surface area contributed by atoms with Crippen molar-refractivity contribution in [3.63, 3.8) is 0 Å². The Morgan fingerprint density at radius 1 is 1.43 bits per heavy atom. The number of allylic oxidation sites excluding steroid dienone is 1. The largest absolute Gasteiger partial charge is 0.251 e. The zero-order chi connectivity index (χ0) is 5.54. The maximum absolute atomic E-state index is 11.3. The fourth-order valence-electron chi connectivity index (χ4n) is 0.357. The Bertz CT molecular complexity index is 41.4. The molecule has 0 atom stereocenters. The lowest BCUT2D eigenvalue weighted by atomic mass is 10.2. The van der Waals surface area contributed by atoms with E-state index in [1.165, 1.54) is 0 Å².